The second kappa shape index (κ2) is 21.6. The van der Waals surface area contributed by atoms with Crippen molar-refractivity contribution >= 4 is 0 Å². The minimum Gasteiger partial charge on any atom is -0.303 e. The van der Waals surface area contributed by atoms with Gasteiger partial charge in [0, 0.05) is 38.3 Å². The van der Waals surface area contributed by atoms with Gasteiger partial charge in [-0.25, -0.2) is 4.39 Å². The Labute approximate surface area is 233 Å². The van der Waals surface area contributed by atoms with Gasteiger partial charge < -0.3 is 14.7 Å². The van der Waals surface area contributed by atoms with Crippen molar-refractivity contribution in [3.05, 3.63) is 0 Å². The third-order valence-electron chi connectivity index (χ3n) is 7.66. The third kappa shape index (κ3) is 18.6. The van der Waals surface area contributed by atoms with Crippen molar-refractivity contribution in [2.45, 2.75) is 132 Å². The van der Waals surface area contributed by atoms with Crippen molar-refractivity contribution in [2.75, 3.05) is 65.4 Å². The molecule has 0 amide bonds. The fraction of sp³-hybridized carbons (Fsp3) is 1.00. The average molecular weight is 529 g/mol. The molecule has 4 aliphatic rings. The van der Waals surface area contributed by atoms with Gasteiger partial charge in [-0.2, -0.15) is 0 Å². The van der Waals surface area contributed by atoms with Crippen molar-refractivity contribution in [3.8, 4) is 0 Å². The number of likely N-dealkylation sites (tertiary alicyclic amines) is 4. The molecule has 0 bridgehead atoms. The van der Waals surface area contributed by atoms with Crippen LogP contribution < -0.4 is 0 Å². The molecule has 4 nitrogen and oxygen atoms in total. The summed E-state index contributed by atoms with van der Waals surface area (Å²) in [6, 6.07) is 1.29. The Hall–Kier alpha value is -0.230. The van der Waals surface area contributed by atoms with Crippen LogP contribution in [0.4, 0.5) is 4.39 Å². The van der Waals surface area contributed by atoms with Crippen LogP contribution in [-0.2, 0) is 0 Å². The van der Waals surface area contributed by atoms with Crippen LogP contribution >= 0.6 is 0 Å². The molecule has 4 aliphatic heterocycles. The van der Waals surface area contributed by atoms with Crippen LogP contribution in [0.2, 0.25) is 0 Å². The molecule has 0 aromatic rings. The van der Waals surface area contributed by atoms with Gasteiger partial charge in [-0.3, -0.25) is 4.90 Å². The van der Waals surface area contributed by atoms with E-state index in [2.05, 4.69) is 75.0 Å². The number of alkyl halides is 1. The molecule has 4 heterocycles. The molecule has 0 spiro atoms. The molecule has 1 atom stereocenters. The van der Waals surface area contributed by atoms with Crippen LogP contribution in [0, 0.1) is 11.8 Å². The lowest BCUT2D eigenvalue weighted by Gasteiger charge is -2.27. The van der Waals surface area contributed by atoms with E-state index in [-0.39, 0.29) is 7.43 Å². The highest BCUT2D eigenvalue weighted by Gasteiger charge is 2.23. The highest BCUT2D eigenvalue weighted by Crippen LogP contribution is 2.14. The molecular formula is C32H69FN4. The molecule has 0 saturated carbocycles. The van der Waals surface area contributed by atoms with E-state index in [0.29, 0.717) is 12.6 Å². The van der Waals surface area contributed by atoms with Crippen LogP contribution in [0.1, 0.15) is 114 Å². The summed E-state index contributed by atoms with van der Waals surface area (Å²) in [5.74, 6) is 1.70. The molecule has 4 fully saturated rings. The number of piperidine rings is 1. The van der Waals surface area contributed by atoms with Crippen LogP contribution in [-0.4, -0.2) is 103 Å². The summed E-state index contributed by atoms with van der Waals surface area (Å²) in [4.78, 5) is 9.85. The molecule has 0 aromatic carbocycles. The van der Waals surface area contributed by atoms with E-state index in [1.54, 1.807) is 0 Å². The van der Waals surface area contributed by atoms with Crippen molar-refractivity contribution < 1.29 is 4.39 Å². The molecule has 5 heteroatoms. The summed E-state index contributed by atoms with van der Waals surface area (Å²) in [6.45, 7) is 30.2. The van der Waals surface area contributed by atoms with Gasteiger partial charge in [0.05, 0.1) is 0 Å². The number of hydrogen-bond acceptors (Lipinski definition) is 4. The molecule has 0 radical (unpaired) electrons. The van der Waals surface area contributed by atoms with E-state index < -0.39 is 6.17 Å². The Morgan fingerprint density at radius 3 is 1.19 bits per heavy atom. The van der Waals surface area contributed by atoms with Crippen LogP contribution in [0.5, 0.6) is 0 Å². The van der Waals surface area contributed by atoms with E-state index in [1.165, 1.54) is 97.3 Å². The highest BCUT2D eigenvalue weighted by molar-refractivity contribution is 4.76. The number of halogens is 1. The predicted molar refractivity (Wildman–Crippen MR) is 165 cm³/mol. The zero-order chi connectivity index (χ0) is 26.9. The van der Waals surface area contributed by atoms with Crippen LogP contribution in [0.15, 0.2) is 0 Å². The minimum absolute atomic E-state index is 0. The van der Waals surface area contributed by atoms with Gasteiger partial charge in [0.15, 0.2) is 0 Å². The molecular weight excluding hydrogens is 459 g/mol. The van der Waals surface area contributed by atoms with Gasteiger partial charge in [-0.15, -0.1) is 0 Å². The molecule has 37 heavy (non-hydrogen) atoms. The highest BCUT2D eigenvalue weighted by atomic mass is 19.1. The van der Waals surface area contributed by atoms with Gasteiger partial charge in [-0.1, -0.05) is 41.5 Å². The number of hydrogen-bond donors (Lipinski definition) is 0. The lowest BCUT2D eigenvalue weighted by atomic mass is 10.1. The van der Waals surface area contributed by atoms with Crippen LogP contribution in [0.3, 0.4) is 0 Å². The molecule has 0 aromatic heterocycles. The second-order valence-corrected chi connectivity index (χ2v) is 13.0. The van der Waals surface area contributed by atoms with E-state index in [9.17, 15) is 4.39 Å². The van der Waals surface area contributed by atoms with Gasteiger partial charge in [0.1, 0.15) is 6.17 Å². The van der Waals surface area contributed by atoms with E-state index >= 15 is 0 Å². The maximum Gasteiger partial charge on any atom is 0.114 e. The molecule has 0 aliphatic carbocycles. The smallest absolute Gasteiger partial charge is 0.114 e. The summed E-state index contributed by atoms with van der Waals surface area (Å²) in [5, 5.41) is 0. The first kappa shape index (κ1) is 36.8. The SMILES string of the molecule is C.CC(C)CN1CCCC1.CC(C)CN1CCCCC1.CC(C)N1CCC(F)C1.CC(C)N1CCCC1. The van der Waals surface area contributed by atoms with E-state index in [1.807, 2.05) is 0 Å². The summed E-state index contributed by atoms with van der Waals surface area (Å²) in [6.07, 6.45) is 10.1. The molecule has 4 rings (SSSR count). The Morgan fingerprint density at radius 1 is 0.541 bits per heavy atom. The largest absolute Gasteiger partial charge is 0.303 e. The van der Waals surface area contributed by atoms with E-state index in [4.69, 9.17) is 0 Å². The third-order valence-corrected chi connectivity index (χ3v) is 7.66. The Kier molecular flexibility index (Phi) is 21.4. The molecule has 4 saturated heterocycles. The Morgan fingerprint density at radius 2 is 0.919 bits per heavy atom. The average Bonchev–Trinajstić information content (AvgIpc) is 3.58. The maximum absolute atomic E-state index is 12.5. The first-order chi connectivity index (χ1) is 17.1. The van der Waals surface area contributed by atoms with Crippen molar-refractivity contribution in [3.63, 3.8) is 0 Å². The molecule has 0 N–H and O–H groups in total. The quantitative estimate of drug-likeness (QED) is 0.355. The number of nitrogens with zero attached hydrogens (tertiary/aromatic N) is 4. The lowest BCUT2D eigenvalue weighted by molar-refractivity contribution is 0.206. The van der Waals surface area contributed by atoms with E-state index in [0.717, 1.165) is 30.8 Å². The topological polar surface area (TPSA) is 13.0 Å². The summed E-state index contributed by atoms with van der Waals surface area (Å²) in [5.41, 5.74) is 0. The normalized spacial score (nSPS) is 23.4. The summed E-state index contributed by atoms with van der Waals surface area (Å²) in [7, 11) is 0. The number of rotatable bonds is 6. The zero-order valence-corrected chi connectivity index (χ0v) is 25.8. The standard InChI is InChI=1S/C9H19N.C8H17N.C7H14FN.C7H15N.CH4/c1-9(2)8-10-6-4-3-5-7-10;1-8(2)7-9-5-3-4-6-9;1-6(2)9-4-3-7(8)5-9;1-7(2)8-5-3-4-6-8;/h9H,3-8H2,1-2H3;8H,3-7H2,1-2H3;6-7H,3-5H2,1-2H3;7H,3-6H2,1-2H3;1H4. The Balaban J connectivity index is 0.000000464. The minimum atomic E-state index is -0.563. The van der Waals surface area contributed by atoms with Gasteiger partial charge in [-0.05, 0) is 124 Å². The predicted octanol–water partition coefficient (Wildman–Crippen LogP) is 7.43. The van der Waals surface area contributed by atoms with Gasteiger partial charge >= 0.3 is 0 Å². The zero-order valence-electron chi connectivity index (χ0n) is 25.8. The summed E-state index contributed by atoms with van der Waals surface area (Å²) < 4.78 is 12.5. The maximum atomic E-state index is 12.5. The monoisotopic (exact) mass is 529 g/mol. The summed E-state index contributed by atoms with van der Waals surface area (Å²) >= 11 is 0. The fourth-order valence-corrected chi connectivity index (χ4v) is 5.61. The van der Waals surface area contributed by atoms with Gasteiger partial charge in [0.2, 0.25) is 0 Å². The fourth-order valence-electron chi connectivity index (χ4n) is 5.61. The first-order valence-corrected chi connectivity index (χ1v) is 15.6. The molecule has 224 valence electrons. The second-order valence-electron chi connectivity index (χ2n) is 13.0. The molecule has 1 unspecified atom stereocenters. The van der Waals surface area contributed by atoms with Crippen LogP contribution in [0.25, 0.3) is 0 Å². The first-order valence-electron chi connectivity index (χ1n) is 15.6. The lowest BCUT2D eigenvalue weighted by Crippen LogP contribution is -2.32. The van der Waals surface area contributed by atoms with Crippen molar-refractivity contribution in [1.29, 1.82) is 0 Å². The Bertz CT molecular complexity index is 493. The van der Waals surface area contributed by atoms with Crippen molar-refractivity contribution in [2.24, 2.45) is 11.8 Å². The van der Waals surface area contributed by atoms with Crippen molar-refractivity contribution in [1.82, 2.24) is 19.6 Å². The van der Waals surface area contributed by atoms with Gasteiger partial charge in [0.25, 0.3) is 0 Å².